The van der Waals surface area contributed by atoms with Crippen molar-refractivity contribution >= 4 is 28.9 Å². The second-order valence-electron chi connectivity index (χ2n) is 5.21. The van der Waals surface area contributed by atoms with Crippen molar-refractivity contribution in [1.82, 2.24) is 5.32 Å². The SMILES string of the molecule is Cc1c(C(=O)NCCOc2ccc(Cl)cc2)cc([N+](=O)[O-])cc1[N+](=O)[O-]. The van der Waals surface area contributed by atoms with Crippen LogP contribution in [0, 0.1) is 27.2 Å². The predicted molar refractivity (Wildman–Crippen MR) is 93.8 cm³/mol. The molecule has 0 unspecified atom stereocenters. The van der Waals surface area contributed by atoms with Crippen molar-refractivity contribution in [2.45, 2.75) is 6.92 Å². The minimum absolute atomic E-state index is 0.0525. The van der Waals surface area contributed by atoms with E-state index in [0.717, 1.165) is 12.1 Å². The summed E-state index contributed by atoms with van der Waals surface area (Å²) in [5.74, 6) is -0.0974. The number of hydrogen-bond donors (Lipinski definition) is 1. The van der Waals surface area contributed by atoms with Crippen molar-refractivity contribution in [2.75, 3.05) is 13.2 Å². The van der Waals surface area contributed by atoms with Gasteiger partial charge in [-0.15, -0.1) is 0 Å². The van der Waals surface area contributed by atoms with Crippen molar-refractivity contribution in [3.63, 3.8) is 0 Å². The monoisotopic (exact) mass is 379 g/mol. The summed E-state index contributed by atoms with van der Waals surface area (Å²) in [6.45, 7) is 1.61. The number of nitrogens with one attached hydrogen (secondary N) is 1. The maximum atomic E-state index is 12.2. The van der Waals surface area contributed by atoms with Crippen LogP contribution < -0.4 is 10.1 Å². The number of carbonyl (C=O) groups is 1. The fourth-order valence-corrected chi connectivity index (χ4v) is 2.30. The molecule has 0 aliphatic carbocycles. The van der Waals surface area contributed by atoms with Crippen molar-refractivity contribution in [1.29, 1.82) is 0 Å². The van der Waals surface area contributed by atoms with E-state index in [9.17, 15) is 25.0 Å². The summed E-state index contributed by atoms with van der Waals surface area (Å²) in [6.07, 6.45) is 0. The lowest BCUT2D eigenvalue weighted by atomic mass is 10.0. The molecule has 0 aliphatic rings. The van der Waals surface area contributed by atoms with E-state index >= 15 is 0 Å². The van der Waals surface area contributed by atoms with Gasteiger partial charge in [-0.2, -0.15) is 0 Å². The van der Waals surface area contributed by atoms with E-state index in [-0.39, 0.29) is 24.3 Å². The van der Waals surface area contributed by atoms with Crippen LogP contribution in [0.5, 0.6) is 5.75 Å². The third kappa shape index (κ3) is 4.67. The molecule has 0 spiro atoms. The highest BCUT2D eigenvalue weighted by Gasteiger charge is 2.24. The summed E-state index contributed by atoms with van der Waals surface area (Å²) >= 11 is 5.76. The van der Waals surface area contributed by atoms with Gasteiger partial charge < -0.3 is 10.1 Å². The maximum absolute atomic E-state index is 12.2. The number of non-ortho nitro benzene ring substituents is 1. The number of hydrogen-bond acceptors (Lipinski definition) is 6. The van der Waals surface area contributed by atoms with Crippen LogP contribution in [0.1, 0.15) is 15.9 Å². The second-order valence-corrected chi connectivity index (χ2v) is 5.65. The molecule has 0 atom stereocenters. The first-order valence-corrected chi connectivity index (χ1v) is 7.77. The Morgan fingerprint density at radius 1 is 1.15 bits per heavy atom. The van der Waals surface area contributed by atoms with E-state index in [1.54, 1.807) is 24.3 Å². The first-order chi connectivity index (χ1) is 12.3. The van der Waals surface area contributed by atoms with Crippen molar-refractivity contribution in [3.8, 4) is 5.75 Å². The molecule has 0 fully saturated rings. The summed E-state index contributed by atoms with van der Waals surface area (Å²) in [4.78, 5) is 32.7. The molecular formula is C16H14ClN3O6. The third-order valence-corrected chi connectivity index (χ3v) is 3.74. The largest absolute Gasteiger partial charge is 0.492 e. The van der Waals surface area contributed by atoms with Crippen LogP contribution in [0.3, 0.4) is 0 Å². The lowest BCUT2D eigenvalue weighted by Crippen LogP contribution is -2.28. The summed E-state index contributed by atoms with van der Waals surface area (Å²) in [5, 5.41) is 25.0. The third-order valence-electron chi connectivity index (χ3n) is 3.49. The average molecular weight is 380 g/mol. The molecule has 0 aromatic heterocycles. The van der Waals surface area contributed by atoms with Gasteiger partial charge in [-0.25, -0.2) is 0 Å². The lowest BCUT2D eigenvalue weighted by Gasteiger charge is -2.09. The van der Waals surface area contributed by atoms with Crippen LogP contribution in [0.2, 0.25) is 5.02 Å². The number of halogens is 1. The number of nitrogens with zero attached hydrogens (tertiary/aromatic N) is 2. The molecule has 26 heavy (non-hydrogen) atoms. The van der Waals surface area contributed by atoms with Crippen molar-refractivity contribution in [2.24, 2.45) is 0 Å². The fraction of sp³-hybridized carbons (Fsp3) is 0.188. The van der Waals surface area contributed by atoms with Gasteiger partial charge in [0.2, 0.25) is 0 Å². The number of benzene rings is 2. The molecule has 2 aromatic rings. The Morgan fingerprint density at radius 2 is 1.81 bits per heavy atom. The Balaban J connectivity index is 2.05. The van der Waals surface area contributed by atoms with E-state index in [1.165, 1.54) is 6.92 Å². The summed E-state index contributed by atoms with van der Waals surface area (Å²) in [5.41, 5.74) is -1.08. The topological polar surface area (TPSA) is 125 Å². The van der Waals surface area contributed by atoms with Gasteiger partial charge in [0.15, 0.2) is 0 Å². The first-order valence-electron chi connectivity index (χ1n) is 7.39. The minimum atomic E-state index is -0.785. The zero-order valence-electron chi connectivity index (χ0n) is 13.6. The summed E-state index contributed by atoms with van der Waals surface area (Å²) in [6, 6.07) is 8.48. The van der Waals surface area contributed by atoms with E-state index in [0.29, 0.717) is 10.8 Å². The van der Waals surface area contributed by atoms with Crippen LogP contribution in [0.4, 0.5) is 11.4 Å². The van der Waals surface area contributed by atoms with Gasteiger partial charge in [0.25, 0.3) is 17.3 Å². The molecule has 0 bridgehead atoms. The van der Waals surface area contributed by atoms with E-state index in [4.69, 9.17) is 16.3 Å². The Labute approximate surface area is 152 Å². The number of ether oxygens (including phenoxy) is 1. The van der Waals surface area contributed by atoms with Crippen LogP contribution >= 0.6 is 11.6 Å². The van der Waals surface area contributed by atoms with E-state index in [1.807, 2.05) is 0 Å². The van der Waals surface area contributed by atoms with Crippen LogP contribution in [0.15, 0.2) is 36.4 Å². The van der Waals surface area contributed by atoms with E-state index < -0.39 is 27.1 Å². The highest BCUT2D eigenvalue weighted by atomic mass is 35.5. The highest BCUT2D eigenvalue weighted by Crippen LogP contribution is 2.27. The quantitative estimate of drug-likeness (QED) is 0.447. The van der Waals surface area contributed by atoms with Crippen LogP contribution in [-0.4, -0.2) is 28.9 Å². The molecule has 0 radical (unpaired) electrons. The lowest BCUT2D eigenvalue weighted by molar-refractivity contribution is -0.394. The second kappa shape index (κ2) is 8.26. The number of nitro groups is 2. The van der Waals surface area contributed by atoms with Crippen molar-refractivity contribution < 1.29 is 19.4 Å². The number of rotatable bonds is 7. The standard InChI is InChI=1S/C16H14ClN3O6/c1-10-14(8-12(19(22)23)9-15(10)20(24)25)16(21)18-6-7-26-13-4-2-11(17)3-5-13/h2-5,8-9H,6-7H2,1H3,(H,18,21). The molecule has 0 saturated heterocycles. The van der Waals surface area contributed by atoms with Crippen LogP contribution in [-0.2, 0) is 0 Å². The average Bonchev–Trinajstić information content (AvgIpc) is 2.59. The Hall–Kier alpha value is -3.20. The van der Waals surface area contributed by atoms with Gasteiger partial charge in [-0.1, -0.05) is 11.6 Å². The molecule has 2 aromatic carbocycles. The number of carbonyl (C=O) groups excluding carboxylic acids is 1. The van der Waals surface area contributed by atoms with Crippen molar-refractivity contribution in [3.05, 3.63) is 72.8 Å². The maximum Gasteiger partial charge on any atom is 0.279 e. The Morgan fingerprint density at radius 3 is 2.38 bits per heavy atom. The number of nitro benzene ring substituents is 2. The molecule has 136 valence electrons. The number of amides is 1. The zero-order valence-corrected chi connectivity index (χ0v) is 14.4. The van der Waals surface area contributed by atoms with Gasteiger partial charge in [0.05, 0.1) is 28.0 Å². The molecule has 0 aliphatic heterocycles. The minimum Gasteiger partial charge on any atom is -0.492 e. The van der Waals surface area contributed by atoms with Gasteiger partial charge in [-0.3, -0.25) is 25.0 Å². The molecule has 2 rings (SSSR count). The molecular weight excluding hydrogens is 366 g/mol. The molecule has 9 nitrogen and oxygen atoms in total. The first kappa shape index (κ1) is 19.1. The normalized spacial score (nSPS) is 10.2. The van der Waals surface area contributed by atoms with Gasteiger partial charge in [-0.05, 0) is 31.2 Å². The molecule has 0 saturated carbocycles. The Kier molecular flexibility index (Phi) is 6.07. The zero-order chi connectivity index (χ0) is 19.3. The fourth-order valence-electron chi connectivity index (χ4n) is 2.17. The highest BCUT2D eigenvalue weighted by molar-refractivity contribution is 6.30. The van der Waals surface area contributed by atoms with Gasteiger partial charge >= 0.3 is 0 Å². The smallest absolute Gasteiger partial charge is 0.279 e. The summed E-state index contributed by atoms with van der Waals surface area (Å²) < 4.78 is 5.41. The molecule has 10 heteroatoms. The Bertz CT molecular complexity index is 854. The predicted octanol–water partition coefficient (Wildman–Crippen LogP) is 3.27. The molecule has 1 N–H and O–H groups in total. The van der Waals surface area contributed by atoms with E-state index in [2.05, 4.69) is 5.32 Å². The summed E-state index contributed by atoms with van der Waals surface area (Å²) in [7, 11) is 0. The molecule has 1 amide bonds. The van der Waals surface area contributed by atoms with Gasteiger partial charge in [0.1, 0.15) is 12.4 Å². The molecule has 0 heterocycles. The van der Waals surface area contributed by atoms with Crippen LogP contribution in [0.25, 0.3) is 0 Å². The van der Waals surface area contributed by atoms with Gasteiger partial charge in [0, 0.05) is 16.7 Å².